The van der Waals surface area contributed by atoms with Gasteiger partial charge in [0.15, 0.2) is 0 Å². The molecule has 1 N–H and O–H groups in total. The number of piperidine rings is 1. The fourth-order valence-electron chi connectivity index (χ4n) is 3.96. The summed E-state index contributed by atoms with van der Waals surface area (Å²) in [6.07, 6.45) is 1.05. The second kappa shape index (κ2) is 9.94. The van der Waals surface area contributed by atoms with Gasteiger partial charge in [0, 0.05) is 25.6 Å². The van der Waals surface area contributed by atoms with Crippen LogP contribution in [0.25, 0.3) is 0 Å². The fraction of sp³-hybridized carbons (Fsp3) is 0.458. The topological polar surface area (TPSA) is 69.7 Å². The molecule has 2 aromatic rings. The molecule has 0 bridgehead atoms. The van der Waals surface area contributed by atoms with Crippen LogP contribution in [-0.4, -0.2) is 57.3 Å². The number of likely N-dealkylation sites (N-methyl/N-ethyl adjacent to an activating group) is 1. The molecule has 1 aliphatic heterocycles. The van der Waals surface area contributed by atoms with E-state index < -0.39 is 10.0 Å². The first-order valence-electron chi connectivity index (χ1n) is 10.8. The van der Waals surface area contributed by atoms with Gasteiger partial charge in [-0.2, -0.15) is 4.31 Å². The van der Waals surface area contributed by atoms with Crippen LogP contribution in [0.15, 0.2) is 53.4 Å². The van der Waals surface area contributed by atoms with Crippen LogP contribution < -0.4 is 5.32 Å². The van der Waals surface area contributed by atoms with Crippen LogP contribution in [-0.2, 0) is 14.8 Å². The molecule has 0 spiro atoms. The Hall–Kier alpha value is -2.22. The average Bonchev–Trinajstić information content (AvgIpc) is 2.75. The predicted octanol–water partition coefficient (Wildman–Crippen LogP) is 3.12. The van der Waals surface area contributed by atoms with E-state index in [0.29, 0.717) is 37.4 Å². The monoisotopic (exact) mass is 443 g/mol. The Morgan fingerprint density at radius 3 is 2.29 bits per heavy atom. The summed E-state index contributed by atoms with van der Waals surface area (Å²) in [5.74, 6) is -0.182. The number of benzene rings is 2. The van der Waals surface area contributed by atoms with E-state index in [1.54, 1.807) is 12.1 Å². The zero-order chi connectivity index (χ0) is 22.6. The summed E-state index contributed by atoms with van der Waals surface area (Å²) >= 11 is 0. The zero-order valence-electron chi connectivity index (χ0n) is 18.8. The molecule has 0 aromatic heterocycles. The minimum absolute atomic E-state index is 0.000989. The maximum absolute atomic E-state index is 13.0. The Morgan fingerprint density at radius 1 is 1.06 bits per heavy atom. The third-order valence-electron chi connectivity index (χ3n) is 6.01. The lowest BCUT2D eigenvalue weighted by Gasteiger charge is -2.32. The molecule has 0 unspecified atom stereocenters. The molecular formula is C24H33N3O3S. The first-order chi connectivity index (χ1) is 14.7. The van der Waals surface area contributed by atoms with Crippen molar-refractivity contribution in [2.75, 3.05) is 33.7 Å². The smallest absolute Gasteiger partial charge is 0.243 e. The number of hydrogen-bond acceptors (Lipinski definition) is 4. The van der Waals surface area contributed by atoms with Crippen molar-refractivity contribution in [2.45, 2.75) is 37.6 Å². The highest BCUT2D eigenvalue weighted by molar-refractivity contribution is 7.89. The van der Waals surface area contributed by atoms with Gasteiger partial charge >= 0.3 is 0 Å². The Kier molecular flexibility index (Phi) is 7.51. The van der Waals surface area contributed by atoms with Crippen LogP contribution in [0.3, 0.4) is 0 Å². The van der Waals surface area contributed by atoms with Crippen LogP contribution in [0.2, 0.25) is 0 Å². The van der Waals surface area contributed by atoms with Gasteiger partial charge < -0.3 is 10.2 Å². The largest absolute Gasteiger partial charge is 0.348 e. The van der Waals surface area contributed by atoms with Gasteiger partial charge in [-0.25, -0.2) is 8.42 Å². The highest BCUT2D eigenvalue weighted by atomic mass is 32.2. The van der Waals surface area contributed by atoms with Gasteiger partial charge in [0.2, 0.25) is 15.9 Å². The average molecular weight is 444 g/mol. The highest BCUT2D eigenvalue weighted by Crippen LogP contribution is 2.26. The molecule has 3 rings (SSSR count). The number of carbonyl (C=O) groups is 1. The van der Waals surface area contributed by atoms with Crippen molar-refractivity contribution in [2.24, 2.45) is 5.92 Å². The van der Waals surface area contributed by atoms with Crippen molar-refractivity contribution < 1.29 is 13.2 Å². The summed E-state index contributed by atoms with van der Waals surface area (Å²) in [7, 11) is 0.431. The molecule has 1 heterocycles. The van der Waals surface area contributed by atoms with Gasteiger partial charge in [-0.3, -0.25) is 4.79 Å². The fourth-order valence-corrected chi connectivity index (χ4v) is 5.51. The lowest BCUT2D eigenvalue weighted by atomic mass is 9.96. The number of rotatable bonds is 7. The van der Waals surface area contributed by atoms with Crippen LogP contribution in [0, 0.1) is 19.8 Å². The Balaban J connectivity index is 1.64. The van der Waals surface area contributed by atoms with Crippen molar-refractivity contribution in [3.8, 4) is 0 Å². The number of hydrogen-bond donors (Lipinski definition) is 1. The standard InChI is InChI=1S/C24H33N3O3S/c1-18-10-11-22(16-19(18)2)31(29,30)27-14-12-21(13-15-27)24(28)25-23(17-26(3)4)20-8-6-5-7-9-20/h5-11,16,21,23H,12-15,17H2,1-4H3,(H,25,28)/t23-/m0/s1. The van der Waals surface area contributed by atoms with E-state index >= 15 is 0 Å². The van der Waals surface area contributed by atoms with E-state index in [1.807, 2.05) is 64.3 Å². The van der Waals surface area contributed by atoms with Crippen LogP contribution in [0.5, 0.6) is 0 Å². The van der Waals surface area contributed by atoms with Gasteiger partial charge in [-0.15, -0.1) is 0 Å². The maximum Gasteiger partial charge on any atom is 0.243 e. The number of nitrogens with zero attached hydrogens (tertiary/aromatic N) is 2. The lowest BCUT2D eigenvalue weighted by molar-refractivity contribution is -0.127. The molecule has 31 heavy (non-hydrogen) atoms. The van der Waals surface area contributed by atoms with E-state index in [9.17, 15) is 13.2 Å². The third kappa shape index (κ3) is 5.73. The van der Waals surface area contributed by atoms with Crippen molar-refractivity contribution in [1.82, 2.24) is 14.5 Å². The number of nitrogens with one attached hydrogen (secondary N) is 1. The number of amides is 1. The molecule has 1 fully saturated rings. The summed E-state index contributed by atoms with van der Waals surface area (Å²) in [5, 5.41) is 3.18. The summed E-state index contributed by atoms with van der Waals surface area (Å²) < 4.78 is 27.6. The first-order valence-corrected chi connectivity index (χ1v) is 12.2. The quantitative estimate of drug-likeness (QED) is 0.714. The van der Waals surface area contributed by atoms with Crippen molar-refractivity contribution in [3.63, 3.8) is 0 Å². The number of aryl methyl sites for hydroxylation is 2. The van der Waals surface area contributed by atoms with E-state index in [4.69, 9.17) is 0 Å². The number of carbonyl (C=O) groups excluding carboxylic acids is 1. The second-order valence-corrected chi connectivity index (χ2v) is 10.6. The minimum atomic E-state index is -3.54. The van der Waals surface area contributed by atoms with Gasteiger partial charge in [-0.1, -0.05) is 36.4 Å². The molecular weight excluding hydrogens is 410 g/mol. The lowest BCUT2D eigenvalue weighted by Crippen LogP contribution is -2.44. The summed E-state index contributed by atoms with van der Waals surface area (Å²) in [6.45, 7) is 5.31. The molecule has 1 aliphatic rings. The van der Waals surface area contributed by atoms with Gasteiger partial charge in [-0.05, 0) is 69.6 Å². The molecule has 6 nitrogen and oxygen atoms in total. The summed E-state index contributed by atoms with van der Waals surface area (Å²) in [5.41, 5.74) is 3.10. The van der Waals surface area contributed by atoms with E-state index in [-0.39, 0.29) is 17.9 Å². The molecule has 2 aromatic carbocycles. The molecule has 1 amide bonds. The van der Waals surface area contributed by atoms with Crippen molar-refractivity contribution in [1.29, 1.82) is 0 Å². The van der Waals surface area contributed by atoms with Crippen molar-refractivity contribution >= 4 is 15.9 Å². The molecule has 0 saturated carbocycles. The molecule has 1 saturated heterocycles. The molecule has 168 valence electrons. The normalized spacial score (nSPS) is 16.9. The minimum Gasteiger partial charge on any atom is -0.348 e. The number of sulfonamides is 1. The van der Waals surface area contributed by atoms with E-state index in [1.165, 1.54) is 4.31 Å². The van der Waals surface area contributed by atoms with E-state index in [2.05, 4.69) is 10.2 Å². The van der Waals surface area contributed by atoms with E-state index in [0.717, 1.165) is 16.7 Å². The van der Waals surface area contributed by atoms with Gasteiger partial charge in [0.1, 0.15) is 0 Å². The van der Waals surface area contributed by atoms with Crippen LogP contribution in [0.4, 0.5) is 0 Å². The summed E-state index contributed by atoms with van der Waals surface area (Å²) in [4.78, 5) is 15.4. The highest BCUT2D eigenvalue weighted by Gasteiger charge is 2.33. The predicted molar refractivity (Wildman–Crippen MR) is 123 cm³/mol. The maximum atomic E-state index is 13.0. The van der Waals surface area contributed by atoms with Crippen LogP contribution in [0.1, 0.15) is 35.6 Å². The van der Waals surface area contributed by atoms with Gasteiger partial charge in [0.25, 0.3) is 0 Å². The third-order valence-corrected chi connectivity index (χ3v) is 7.90. The Bertz CT molecular complexity index is 998. The molecule has 7 heteroatoms. The molecule has 0 radical (unpaired) electrons. The zero-order valence-corrected chi connectivity index (χ0v) is 19.7. The molecule has 1 atom stereocenters. The Morgan fingerprint density at radius 2 is 1.71 bits per heavy atom. The Labute approximate surface area is 186 Å². The van der Waals surface area contributed by atoms with Crippen molar-refractivity contribution in [3.05, 3.63) is 65.2 Å². The van der Waals surface area contributed by atoms with Crippen LogP contribution >= 0.6 is 0 Å². The van der Waals surface area contributed by atoms with Gasteiger partial charge in [0.05, 0.1) is 10.9 Å². The second-order valence-electron chi connectivity index (χ2n) is 8.66. The first kappa shape index (κ1) is 23.4. The molecule has 0 aliphatic carbocycles. The summed E-state index contributed by atoms with van der Waals surface area (Å²) in [6, 6.07) is 15.1. The SMILES string of the molecule is Cc1ccc(S(=O)(=O)N2CCC(C(=O)N[C@@H](CN(C)C)c3ccccc3)CC2)cc1C.